The van der Waals surface area contributed by atoms with Crippen molar-refractivity contribution in [1.82, 2.24) is 0 Å². The molecular weight excluding hydrogens is 578 g/mol. The van der Waals surface area contributed by atoms with E-state index in [0.717, 1.165) is 11.0 Å². The highest BCUT2D eigenvalue weighted by molar-refractivity contribution is 4.53. The summed E-state index contributed by atoms with van der Waals surface area (Å²) in [7, 11) is 2.40. The molecule has 0 atom stereocenters. The second-order valence-electron chi connectivity index (χ2n) is 14.1. The lowest BCUT2D eigenvalue weighted by Crippen LogP contribution is -3.00. The minimum atomic E-state index is 0. The van der Waals surface area contributed by atoms with Gasteiger partial charge in [0.1, 0.15) is 6.54 Å². The third kappa shape index (κ3) is 34.9. The zero-order valence-electron chi connectivity index (χ0n) is 29.7. The topological polar surface area (TPSA) is 20.2 Å². The SMILES string of the molecule is CCCCCCCCCCCCCCCCCC[N+](C)(CCO)CCCCCCCCCCCCCCCCCC.[Br-]. The first-order valence-corrected chi connectivity index (χ1v) is 19.6. The smallest absolute Gasteiger partial charge is 0.102 e. The monoisotopic (exact) mass is 660 g/mol. The summed E-state index contributed by atoms with van der Waals surface area (Å²) in [6, 6.07) is 0. The standard InChI is InChI=1S/C39H82NO.BrH/c1-4-6-8-10-12-14-16-18-20-22-24-26-28-30-32-34-36-40(3,38-39-41)37-35-33-31-29-27-25-23-21-19-17-15-13-11-9-7-5-2;/h41H,4-39H2,1-3H3;1H/q+1;/p-1. The van der Waals surface area contributed by atoms with Crippen LogP contribution in [0.5, 0.6) is 0 Å². The number of likely N-dealkylation sites (N-methyl/N-ethyl adjacent to an activating group) is 1. The minimum absolute atomic E-state index is 0. The minimum Gasteiger partial charge on any atom is -1.00 e. The van der Waals surface area contributed by atoms with E-state index in [2.05, 4.69) is 20.9 Å². The maximum absolute atomic E-state index is 9.66. The van der Waals surface area contributed by atoms with Gasteiger partial charge in [-0.05, 0) is 25.7 Å². The third-order valence-corrected chi connectivity index (χ3v) is 9.74. The molecule has 0 amide bonds. The fraction of sp³-hybridized carbons (Fsp3) is 1.00. The second kappa shape index (κ2) is 37.6. The van der Waals surface area contributed by atoms with Crippen LogP contribution in [0.15, 0.2) is 0 Å². The van der Waals surface area contributed by atoms with E-state index in [1.54, 1.807) is 0 Å². The zero-order chi connectivity index (χ0) is 30.0. The van der Waals surface area contributed by atoms with Crippen LogP contribution in [0.3, 0.4) is 0 Å². The van der Waals surface area contributed by atoms with Crippen LogP contribution in [-0.2, 0) is 0 Å². The maximum atomic E-state index is 9.66. The lowest BCUT2D eigenvalue weighted by atomic mass is 10.0. The van der Waals surface area contributed by atoms with Gasteiger partial charge in [-0.15, -0.1) is 0 Å². The van der Waals surface area contributed by atoms with Crippen LogP contribution < -0.4 is 17.0 Å². The molecule has 3 heteroatoms. The number of quaternary nitrogens is 1. The van der Waals surface area contributed by atoms with E-state index in [9.17, 15) is 5.11 Å². The molecular formula is C39H82BrNO. The predicted octanol–water partition coefficient (Wildman–Crippen LogP) is 9.95. The van der Waals surface area contributed by atoms with Crippen molar-refractivity contribution in [3.63, 3.8) is 0 Å². The molecule has 256 valence electrons. The van der Waals surface area contributed by atoms with Gasteiger partial charge in [-0.25, -0.2) is 0 Å². The summed E-state index contributed by atoms with van der Waals surface area (Å²) in [6.07, 6.45) is 45.9. The maximum Gasteiger partial charge on any atom is 0.102 e. The Morgan fingerprint density at radius 1 is 0.310 bits per heavy atom. The molecule has 0 aliphatic heterocycles. The number of rotatable bonds is 36. The normalized spacial score (nSPS) is 11.7. The molecule has 0 aliphatic carbocycles. The summed E-state index contributed by atoms with van der Waals surface area (Å²) < 4.78 is 1.09. The van der Waals surface area contributed by atoms with Crippen molar-refractivity contribution in [3.8, 4) is 0 Å². The summed E-state index contributed by atoms with van der Waals surface area (Å²) in [5, 5.41) is 9.66. The molecule has 42 heavy (non-hydrogen) atoms. The van der Waals surface area contributed by atoms with Gasteiger partial charge in [0.25, 0.3) is 0 Å². The summed E-state index contributed by atoms with van der Waals surface area (Å²) in [5.74, 6) is 0. The third-order valence-electron chi connectivity index (χ3n) is 9.74. The van der Waals surface area contributed by atoms with Crippen molar-refractivity contribution in [1.29, 1.82) is 0 Å². The molecule has 0 aromatic rings. The average Bonchev–Trinajstić information content (AvgIpc) is 2.97. The predicted molar refractivity (Wildman–Crippen MR) is 187 cm³/mol. The van der Waals surface area contributed by atoms with Gasteiger partial charge >= 0.3 is 0 Å². The van der Waals surface area contributed by atoms with Crippen molar-refractivity contribution in [2.75, 3.05) is 33.3 Å². The summed E-state index contributed by atoms with van der Waals surface area (Å²) in [6.45, 7) is 8.41. The highest BCUT2D eigenvalue weighted by Crippen LogP contribution is 2.17. The molecule has 0 fully saturated rings. The molecule has 0 aliphatic rings. The van der Waals surface area contributed by atoms with Crippen molar-refractivity contribution in [2.45, 2.75) is 219 Å². The molecule has 0 unspecified atom stereocenters. The first-order valence-electron chi connectivity index (χ1n) is 19.6. The fourth-order valence-electron chi connectivity index (χ4n) is 6.66. The van der Waals surface area contributed by atoms with Gasteiger partial charge in [0.2, 0.25) is 0 Å². The van der Waals surface area contributed by atoms with Crippen molar-refractivity contribution in [2.24, 2.45) is 0 Å². The Hall–Kier alpha value is 0.400. The van der Waals surface area contributed by atoms with Crippen molar-refractivity contribution in [3.05, 3.63) is 0 Å². The van der Waals surface area contributed by atoms with Crippen molar-refractivity contribution < 1.29 is 26.6 Å². The fourth-order valence-corrected chi connectivity index (χ4v) is 6.66. The molecule has 0 saturated heterocycles. The van der Waals surface area contributed by atoms with E-state index < -0.39 is 0 Å². The Balaban J connectivity index is 0. The molecule has 0 aromatic heterocycles. The van der Waals surface area contributed by atoms with Gasteiger partial charge in [-0.1, -0.05) is 194 Å². The van der Waals surface area contributed by atoms with E-state index in [1.165, 1.54) is 219 Å². The Bertz CT molecular complexity index is 435. The lowest BCUT2D eigenvalue weighted by Gasteiger charge is -2.34. The van der Waals surface area contributed by atoms with Crippen LogP contribution in [0, 0.1) is 0 Å². The molecule has 0 heterocycles. The van der Waals surface area contributed by atoms with E-state index in [4.69, 9.17) is 0 Å². The van der Waals surface area contributed by atoms with E-state index in [1.807, 2.05) is 0 Å². The largest absolute Gasteiger partial charge is 1.00 e. The second-order valence-corrected chi connectivity index (χ2v) is 14.1. The van der Waals surface area contributed by atoms with E-state index in [-0.39, 0.29) is 17.0 Å². The quantitative estimate of drug-likeness (QED) is 0.0524. The van der Waals surface area contributed by atoms with Gasteiger partial charge in [-0.2, -0.15) is 0 Å². The Labute approximate surface area is 278 Å². The Kier molecular flexibility index (Phi) is 39.8. The van der Waals surface area contributed by atoms with Gasteiger partial charge in [-0.3, -0.25) is 0 Å². The van der Waals surface area contributed by atoms with Gasteiger partial charge in [0, 0.05) is 0 Å². The number of unbranched alkanes of at least 4 members (excludes halogenated alkanes) is 30. The van der Waals surface area contributed by atoms with E-state index >= 15 is 0 Å². The summed E-state index contributed by atoms with van der Waals surface area (Å²) >= 11 is 0. The number of hydrogen-bond donors (Lipinski definition) is 1. The molecule has 1 N–H and O–H groups in total. The number of hydrogen-bond acceptors (Lipinski definition) is 1. The molecule has 2 nitrogen and oxygen atoms in total. The van der Waals surface area contributed by atoms with Crippen molar-refractivity contribution >= 4 is 0 Å². The average molecular weight is 661 g/mol. The van der Waals surface area contributed by atoms with Gasteiger partial charge in [0.05, 0.1) is 26.7 Å². The lowest BCUT2D eigenvalue weighted by molar-refractivity contribution is -0.910. The molecule has 0 bridgehead atoms. The molecule has 0 radical (unpaired) electrons. The highest BCUT2D eigenvalue weighted by atomic mass is 79.9. The van der Waals surface area contributed by atoms with E-state index in [0.29, 0.717) is 6.61 Å². The van der Waals surface area contributed by atoms with Crippen LogP contribution in [0.1, 0.15) is 219 Å². The number of aliphatic hydroxyl groups excluding tert-OH is 1. The summed E-state index contributed by atoms with van der Waals surface area (Å²) in [4.78, 5) is 0. The van der Waals surface area contributed by atoms with Crippen LogP contribution in [0.4, 0.5) is 0 Å². The van der Waals surface area contributed by atoms with Gasteiger partial charge < -0.3 is 26.6 Å². The number of halogens is 1. The molecule has 0 aromatic carbocycles. The highest BCUT2D eigenvalue weighted by Gasteiger charge is 2.19. The Morgan fingerprint density at radius 2 is 0.500 bits per heavy atom. The number of nitrogens with zero attached hydrogens (tertiary/aromatic N) is 1. The first-order chi connectivity index (χ1) is 20.2. The van der Waals surface area contributed by atoms with Crippen LogP contribution in [0.25, 0.3) is 0 Å². The first kappa shape index (κ1) is 44.5. The summed E-state index contributed by atoms with van der Waals surface area (Å²) in [5.41, 5.74) is 0. The Morgan fingerprint density at radius 3 is 0.690 bits per heavy atom. The van der Waals surface area contributed by atoms with Crippen LogP contribution >= 0.6 is 0 Å². The van der Waals surface area contributed by atoms with Crippen LogP contribution in [-0.4, -0.2) is 42.9 Å². The number of aliphatic hydroxyl groups is 1. The zero-order valence-corrected chi connectivity index (χ0v) is 31.3. The van der Waals surface area contributed by atoms with Gasteiger partial charge in [0.15, 0.2) is 0 Å². The molecule has 0 saturated carbocycles. The van der Waals surface area contributed by atoms with Crippen LogP contribution in [0.2, 0.25) is 0 Å². The molecule has 0 rings (SSSR count). The molecule has 0 spiro atoms.